The van der Waals surface area contributed by atoms with E-state index in [-0.39, 0.29) is 5.91 Å². The highest BCUT2D eigenvalue weighted by molar-refractivity contribution is 5.87. The molecule has 0 radical (unpaired) electrons. The van der Waals surface area contributed by atoms with Crippen LogP contribution in [0.4, 0.5) is 0 Å². The standard InChI is InChI=1S/C11H15NO.C2H6/c1-4-6-7-10(5-2)8-9-11(13)12-3;1-2/h4-9H,1H2,2-3H3,(H,12,13);1-2H3/b7-6-,9-8+,10-5+;. The normalized spacial score (nSPS) is 11.1. The van der Waals surface area contributed by atoms with Crippen molar-refractivity contribution in [2.45, 2.75) is 20.8 Å². The van der Waals surface area contributed by atoms with Crippen molar-refractivity contribution < 1.29 is 4.79 Å². The van der Waals surface area contributed by atoms with E-state index >= 15 is 0 Å². The third-order valence-corrected chi connectivity index (χ3v) is 1.43. The highest BCUT2D eigenvalue weighted by atomic mass is 16.1. The summed E-state index contributed by atoms with van der Waals surface area (Å²) in [6.07, 6.45) is 10.5. The van der Waals surface area contributed by atoms with E-state index in [1.165, 1.54) is 6.08 Å². The van der Waals surface area contributed by atoms with Crippen molar-refractivity contribution in [1.82, 2.24) is 5.32 Å². The van der Waals surface area contributed by atoms with Crippen molar-refractivity contribution in [1.29, 1.82) is 0 Å². The van der Waals surface area contributed by atoms with E-state index in [4.69, 9.17) is 0 Å². The zero-order valence-electron chi connectivity index (χ0n) is 10.1. The van der Waals surface area contributed by atoms with Crippen LogP contribution in [0.5, 0.6) is 0 Å². The molecule has 0 atom stereocenters. The summed E-state index contributed by atoms with van der Waals surface area (Å²) in [6, 6.07) is 0. The van der Waals surface area contributed by atoms with E-state index in [2.05, 4.69) is 11.9 Å². The Morgan fingerprint density at radius 2 is 1.80 bits per heavy atom. The molecule has 0 aromatic heterocycles. The van der Waals surface area contributed by atoms with Gasteiger partial charge in [0.2, 0.25) is 5.91 Å². The Kier molecular flexibility index (Phi) is 13.2. The van der Waals surface area contributed by atoms with Crippen LogP contribution in [0.1, 0.15) is 20.8 Å². The minimum absolute atomic E-state index is 0.105. The minimum Gasteiger partial charge on any atom is -0.356 e. The SMILES string of the molecule is C=C\C=C/C(/C=C/C(=O)NC)=C\C.CC. The van der Waals surface area contributed by atoms with Crippen molar-refractivity contribution in [3.8, 4) is 0 Å². The maximum atomic E-state index is 10.8. The molecule has 0 bridgehead atoms. The topological polar surface area (TPSA) is 29.1 Å². The van der Waals surface area contributed by atoms with E-state index in [9.17, 15) is 4.79 Å². The number of rotatable bonds is 4. The average Bonchev–Trinajstić information content (AvgIpc) is 2.31. The predicted octanol–water partition coefficient (Wildman–Crippen LogP) is 3.00. The molecule has 0 aromatic rings. The smallest absolute Gasteiger partial charge is 0.243 e. The molecule has 0 saturated heterocycles. The third-order valence-electron chi connectivity index (χ3n) is 1.43. The van der Waals surface area contributed by atoms with Gasteiger partial charge in [0.25, 0.3) is 0 Å². The quantitative estimate of drug-likeness (QED) is 0.557. The fourth-order valence-corrected chi connectivity index (χ4v) is 0.682. The molecule has 0 unspecified atom stereocenters. The maximum Gasteiger partial charge on any atom is 0.243 e. The van der Waals surface area contributed by atoms with Gasteiger partial charge in [-0.25, -0.2) is 0 Å². The maximum absolute atomic E-state index is 10.8. The molecule has 1 N–H and O–H groups in total. The first-order chi connectivity index (χ1) is 7.24. The Morgan fingerprint density at radius 1 is 1.20 bits per heavy atom. The summed E-state index contributed by atoms with van der Waals surface area (Å²) in [4.78, 5) is 10.8. The molecular formula is C13H21NO. The van der Waals surface area contributed by atoms with Gasteiger partial charge in [-0.15, -0.1) is 0 Å². The first-order valence-corrected chi connectivity index (χ1v) is 5.09. The van der Waals surface area contributed by atoms with Crippen LogP contribution in [0.2, 0.25) is 0 Å². The van der Waals surface area contributed by atoms with Crippen LogP contribution in [0.15, 0.2) is 48.6 Å². The average molecular weight is 207 g/mol. The Bertz CT molecular complexity index is 260. The fourth-order valence-electron chi connectivity index (χ4n) is 0.682. The van der Waals surface area contributed by atoms with Gasteiger partial charge >= 0.3 is 0 Å². The van der Waals surface area contributed by atoms with Crippen molar-refractivity contribution in [3.63, 3.8) is 0 Å². The molecule has 2 nitrogen and oxygen atoms in total. The number of likely N-dealkylation sites (N-methyl/N-ethyl adjacent to an activating group) is 1. The van der Waals surface area contributed by atoms with Crippen molar-refractivity contribution in [3.05, 3.63) is 48.6 Å². The predicted molar refractivity (Wildman–Crippen MR) is 67.6 cm³/mol. The first kappa shape index (κ1) is 15.9. The molecule has 0 aromatic carbocycles. The zero-order valence-corrected chi connectivity index (χ0v) is 10.1. The van der Waals surface area contributed by atoms with Gasteiger partial charge in [0.05, 0.1) is 0 Å². The number of allylic oxidation sites excluding steroid dienone is 6. The molecule has 0 saturated carbocycles. The minimum atomic E-state index is -0.105. The lowest BCUT2D eigenvalue weighted by Gasteiger charge is -1.91. The number of nitrogens with one attached hydrogen (secondary N) is 1. The van der Waals surface area contributed by atoms with Gasteiger partial charge in [-0.1, -0.05) is 44.7 Å². The van der Waals surface area contributed by atoms with E-state index in [1.54, 1.807) is 19.2 Å². The molecule has 2 heteroatoms. The molecule has 0 spiro atoms. The Hall–Kier alpha value is -1.57. The van der Waals surface area contributed by atoms with Crippen LogP contribution in [-0.2, 0) is 4.79 Å². The van der Waals surface area contributed by atoms with Crippen LogP contribution >= 0.6 is 0 Å². The molecule has 0 aliphatic rings. The number of carbonyl (C=O) groups excluding carboxylic acids is 1. The van der Waals surface area contributed by atoms with Crippen LogP contribution in [0, 0.1) is 0 Å². The Balaban J connectivity index is 0. The van der Waals surface area contributed by atoms with Crippen LogP contribution in [0.3, 0.4) is 0 Å². The zero-order chi connectivity index (χ0) is 12.1. The molecule has 15 heavy (non-hydrogen) atoms. The van der Waals surface area contributed by atoms with Gasteiger partial charge in [-0.05, 0) is 18.6 Å². The van der Waals surface area contributed by atoms with Crippen LogP contribution < -0.4 is 5.32 Å². The van der Waals surface area contributed by atoms with Gasteiger partial charge in [0.1, 0.15) is 0 Å². The van der Waals surface area contributed by atoms with Crippen LogP contribution in [0.25, 0.3) is 0 Å². The Labute approximate surface area is 93.1 Å². The monoisotopic (exact) mass is 207 g/mol. The molecule has 0 aliphatic heterocycles. The highest BCUT2D eigenvalue weighted by Gasteiger charge is 1.88. The fraction of sp³-hybridized carbons (Fsp3) is 0.308. The number of carbonyl (C=O) groups is 1. The van der Waals surface area contributed by atoms with Gasteiger partial charge in [-0.2, -0.15) is 0 Å². The van der Waals surface area contributed by atoms with E-state index in [1.807, 2.05) is 39.0 Å². The first-order valence-electron chi connectivity index (χ1n) is 5.09. The summed E-state index contributed by atoms with van der Waals surface area (Å²) in [5.74, 6) is -0.105. The molecule has 0 heterocycles. The van der Waals surface area contributed by atoms with Crippen molar-refractivity contribution >= 4 is 5.91 Å². The summed E-state index contributed by atoms with van der Waals surface area (Å²) in [5.41, 5.74) is 0.975. The lowest BCUT2D eigenvalue weighted by atomic mass is 10.2. The molecule has 0 aliphatic carbocycles. The van der Waals surface area contributed by atoms with Gasteiger partial charge < -0.3 is 5.32 Å². The summed E-state index contributed by atoms with van der Waals surface area (Å²) < 4.78 is 0. The highest BCUT2D eigenvalue weighted by Crippen LogP contribution is 1.98. The van der Waals surface area contributed by atoms with Gasteiger partial charge in [0.15, 0.2) is 0 Å². The summed E-state index contributed by atoms with van der Waals surface area (Å²) in [7, 11) is 1.60. The van der Waals surface area contributed by atoms with Gasteiger partial charge in [-0.3, -0.25) is 4.79 Å². The lowest BCUT2D eigenvalue weighted by Crippen LogP contribution is -2.13. The molecule has 0 fully saturated rings. The van der Waals surface area contributed by atoms with E-state index in [0.717, 1.165) is 5.57 Å². The number of hydrogen-bond acceptors (Lipinski definition) is 1. The summed E-state index contributed by atoms with van der Waals surface area (Å²) >= 11 is 0. The second-order valence-corrected chi connectivity index (χ2v) is 2.33. The second kappa shape index (κ2) is 12.4. The Morgan fingerprint density at radius 3 is 2.20 bits per heavy atom. The number of amides is 1. The van der Waals surface area contributed by atoms with E-state index in [0.29, 0.717) is 0 Å². The molecule has 1 amide bonds. The van der Waals surface area contributed by atoms with Gasteiger partial charge in [0, 0.05) is 13.1 Å². The lowest BCUT2D eigenvalue weighted by molar-refractivity contribution is -0.116. The van der Waals surface area contributed by atoms with Crippen LogP contribution in [-0.4, -0.2) is 13.0 Å². The summed E-state index contributed by atoms with van der Waals surface area (Å²) in [6.45, 7) is 9.47. The second-order valence-electron chi connectivity index (χ2n) is 2.33. The third kappa shape index (κ3) is 10.4. The van der Waals surface area contributed by atoms with Crippen molar-refractivity contribution in [2.24, 2.45) is 0 Å². The van der Waals surface area contributed by atoms with Crippen molar-refractivity contribution in [2.75, 3.05) is 7.05 Å². The number of hydrogen-bond donors (Lipinski definition) is 1. The molecular weight excluding hydrogens is 186 g/mol. The molecule has 0 rings (SSSR count). The molecule has 84 valence electrons. The van der Waals surface area contributed by atoms with E-state index < -0.39 is 0 Å². The summed E-state index contributed by atoms with van der Waals surface area (Å²) in [5, 5.41) is 2.50. The largest absolute Gasteiger partial charge is 0.356 e.